The predicted molar refractivity (Wildman–Crippen MR) is 75.3 cm³/mol. The Kier molecular flexibility index (Phi) is 3.88. The van der Waals surface area contributed by atoms with Gasteiger partial charge in [-0.05, 0) is 19.1 Å². The first kappa shape index (κ1) is 13.9. The lowest BCUT2D eigenvalue weighted by Gasteiger charge is -2.09. The van der Waals surface area contributed by atoms with Crippen LogP contribution in [0.4, 0.5) is 11.5 Å². The Labute approximate surface area is 116 Å². The minimum absolute atomic E-state index is 0.215. The summed E-state index contributed by atoms with van der Waals surface area (Å²) >= 11 is 0. The van der Waals surface area contributed by atoms with Crippen molar-refractivity contribution >= 4 is 17.5 Å². The summed E-state index contributed by atoms with van der Waals surface area (Å²) in [5.41, 5.74) is 8.62. The molecule has 2 rings (SSSR count). The van der Waals surface area contributed by atoms with Crippen LogP contribution in [0.2, 0.25) is 0 Å². The Balaban J connectivity index is 2.16. The van der Waals surface area contributed by atoms with Crippen molar-refractivity contribution < 1.29 is 9.53 Å². The maximum atomic E-state index is 11.4. The number of aromatic nitrogens is 3. The SMILES string of the molecule is COC(=O)c1ccc(N)c(NCc2cnn(C)c2C)n1. The van der Waals surface area contributed by atoms with Crippen molar-refractivity contribution in [2.45, 2.75) is 13.5 Å². The number of hydrogen-bond acceptors (Lipinski definition) is 6. The number of pyridine rings is 1. The zero-order chi connectivity index (χ0) is 14.7. The van der Waals surface area contributed by atoms with E-state index < -0.39 is 5.97 Å². The second kappa shape index (κ2) is 5.60. The summed E-state index contributed by atoms with van der Waals surface area (Å²) in [5, 5.41) is 7.27. The number of nitrogens with one attached hydrogen (secondary N) is 1. The molecule has 0 amide bonds. The molecule has 0 atom stereocenters. The number of nitrogen functional groups attached to an aromatic ring is 1. The Bertz CT molecular complexity index is 636. The normalized spacial score (nSPS) is 10.3. The lowest BCUT2D eigenvalue weighted by molar-refractivity contribution is 0.0594. The first-order valence-corrected chi connectivity index (χ1v) is 6.09. The highest BCUT2D eigenvalue weighted by molar-refractivity contribution is 5.88. The molecule has 0 unspecified atom stereocenters. The van der Waals surface area contributed by atoms with E-state index in [1.165, 1.54) is 13.2 Å². The smallest absolute Gasteiger partial charge is 0.356 e. The van der Waals surface area contributed by atoms with Gasteiger partial charge in [-0.15, -0.1) is 0 Å². The highest BCUT2D eigenvalue weighted by Crippen LogP contribution is 2.18. The van der Waals surface area contributed by atoms with Gasteiger partial charge in [0.1, 0.15) is 5.82 Å². The van der Waals surface area contributed by atoms with Crippen LogP contribution in [0.5, 0.6) is 0 Å². The molecule has 2 aromatic rings. The molecule has 2 heterocycles. The molecule has 0 radical (unpaired) electrons. The number of nitrogens with zero attached hydrogens (tertiary/aromatic N) is 3. The van der Waals surface area contributed by atoms with Crippen LogP contribution in [0.25, 0.3) is 0 Å². The third kappa shape index (κ3) is 2.71. The summed E-state index contributed by atoms with van der Waals surface area (Å²) in [7, 11) is 3.19. The molecule has 2 aromatic heterocycles. The molecule has 0 saturated carbocycles. The van der Waals surface area contributed by atoms with Crippen LogP contribution in [0.1, 0.15) is 21.7 Å². The van der Waals surface area contributed by atoms with Crippen molar-refractivity contribution in [1.29, 1.82) is 0 Å². The van der Waals surface area contributed by atoms with E-state index in [9.17, 15) is 4.79 Å². The fourth-order valence-corrected chi connectivity index (χ4v) is 1.73. The number of hydrogen-bond donors (Lipinski definition) is 2. The maximum absolute atomic E-state index is 11.4. The standard InChI is InChI=1S/C13H17N5O2/c1-8-9(7-16-18(8)2)6-15-12-10(14)4-5-11(17-12)13(19)20-3/h4-5,7H,6,14H2,1-3H3,(H,15,17). The third-order valence-electron chi connectivity index (χ3n) is 3.10. The Morgan fingerprint density at radius 1 is 1.50 bits per heavy atom. The van der Waals surface area contributed by atoms with Crippen LogP contribution in [0.3, 0.4) is 0 Å². The largest absolute Gasteiger partial charge is 0.464 e. The van der Waals surface area contributed by atoms with E-state index in [4.69, 9.17) is 5.73 Å². The number of carbonyl (C=O) groups is 1. The van der Waals surface area contributed by atoms with E-state index >= 15 is 0 Å². The number of rotatable bonds is 4. The molecular weight excluding hydrogens is 258 g/mol. The van der Waals surface area contributed by atoms with E-state index in [0.717, 1.165) is 11.3 Å². The topological polar surface area (TPSA) is 95.1 Å². The number of nitrogens with two attached hydrogens (primary N) is 1. The van der Waals surface area contributed by atoms with Gasteiger partial charge in [-0.25, -0.2) is 9.78 Å². The second-order valence-corrected chi connectivity index (χ2v) is 4.36. The van der Waals surface area contributed by atoms with Crippen LogP contribution >= 0.6 is 0 Å². The van der Waals surface area contributed by atoms with Crippen molar-refractivity contribution in [2.75, 3.05) is 18.2 Å². The van der Waals surface area contributed by atoms with Gasteiger partial charge in [0.15, 0.2) is 5.69 Å². The molecule has 7 nitrogen and oxygen atoms in total. The van der Waals surface area contributed by atoms with Crippen molar-refractivity contribution in [3.05, 3.63) is 35.3 Å². The summed E-state index contributed by atoms with van der Waals surface area (Å²) in [5.74, 6) is -0.0400. The van der Waals surface area contributed by atoms with E-state index in [2.05, 4.69) is 20.1 Å². The number of ether oxygens (including phenoxy) is 1. The summed E-state index contributed by atoms with van der Waals surface area (Å²) in [4.78, 5) is 15.6. The highest BCUT2D eigenvalue weighted by atomic mass is 16.5. The lowest BCUT2D eigenvalue weighted by Crippen LogP contribution is -2.10. The molecule has 0 aromatic carbocycles. The van der Waals surface area contributed by atoms with E-state index in [-0.39, 0.29) is 5.69 Å². The number of carbonyl (C=O) groups excluding carboxylic acids is 1. The third-order valence-corrected chi connectivity index (χ3v) is 3.10. The van der Waals surface area contributed by atoms with E-state index in [1.54, 1.807) is 16.9 Å². The van der Waals surface area contributed by atoms with Crippen molar-refractivity contribution in [3.8, 4) is 0 Å². The van der Waals surface area contributed by atoms with E-state index in [0.29, 0.717) is 18.1 Å². The van der Waals surface area contributed by atoms with Crippen LogP contribution in [-0.2, 0) is 18.3 Å². The highest BCUT2D eigenvalue weighted by Gasteiger charge is 2.11. The van der Waals surface area contributed by atoms with Gasteiger partial charge in [0, 0.05) is 24.8 Å². The van der Waals surface area contributed by atoms with Gasteiger partial charge in [0.25, 0.3) is 0 Å². The quantitative estimate of drug-likeness (QED) is 0.811. The summed E-state index contributed by atoms with van der Waals surface area (Å²) in [6.45, 7) is 2.51. The van der Waals surface area contributed by atoms with Crippen molar-refractivity contribution in [2.24, 2.45) is 7.05 Å². The number of anilines is 2. The maximum Gasteiger partial charge on any atom is 0.356 e. The van der Waals surface area contributed by atoms with Gasteiger partial charge in [0.05, 0.1) is 19.0 Å². The lowest BCUT2D eigenvalue weighted by atomic mass is 10.2. The van der Waals surface area contributed by atoms with Gasteiger partial charge < -0.3 is 15.8 Å². The van der Waals surface area contributed by atoms with Gasteiger partial charge in [-0.3, -0.25) is 4.68 Å². The molecule has 0 aliphatic heterocycles. The van der Waals surface area contributed by atoms with Crippen LogP contribution in [-0.4, -0.2) is 27.8 Å². The molecule has 0 saturated heterocycles. The molecule has 0 spiro atoms. The second-order valence-electron chi connectivity index (χ2n) is 4.36. The van der Waals surface area contributed by atoms with Crippen LogP contribution in [0.15, 0.2) is 18.3 Å². The summed E-state index contributed by atoms with van der Waals surface area (Å²) in [6, 6.07) is 3.15. The molecule has 0 aliphatic carbocycles. The Morgan fingerprint density at radius 3 is 2.85 bits per heavy atom. The first-order chi connectivity index (χ1) is 9.52. The predicted octanol–water partition coefficient (Wildman–Crippen LogP) is 1.10. The molecule has 0 bridgehead atoms. The minimum Gasteiger partial charge on any atom is -0.464 e. The molecular formula is C13H17N5O2. The molecule has 3 N–H and O–H groups in total. The molecule has 0 aliphatic rings. The van der Waals surface area contributed by atoms with Gasteiger partial charge in [-0.2, -0.15) is 5.10 Å². The zero-order valence-corrected chi connectivity index (χ0v) is 11.7. The van der Waals surface area contributed by atoms with Crippen molar-refractivity contribution in [1.82, 2.24) is 14.8 Å². The van der Waals surface area contributed by atoms with Gasteiger partial charge in [0.2, 0.25) is 0 Å². The number of esters is 1. The van der Waals surface area contributed by atoms with Crippen molar-refractivity contribution in [3.63, 3.8) is 0 Å². The fraction of sp³-hybridized carbons (Fsp3) is 0.308. The number of methoxy groups -OCH3 is 1. The average Bonchev–Trinajstić information content (AvgIpc) is 2.77. The zero-order valence-electron chi connectivity index (χ0n) is 11.7. The molecule has 20 heavy (non-hydrogen) atoms. The molecule has 7 heteroatoms. The minimum atomic E-state index is -0.495. The molecule has 0 fully saturated rings. The Hall–Kier alpha value is -2.57. The first-order valence-electron chi connectivity index (χ1n) is 6.09. The monoisotopic (exact) mass is 275 g/mol. The van der Waals surface area contributed by atoms with Crippen LogP contribution in [0, 0.1) is 6.92 Å². The van der Waals surface area contributed by atoms with Gasteiger partial charge >= 0.3 is 5.97 Å². The summed E-state index contributed by atoms with van der Waals surface area (Å²) < 4.78 is 6.42. The van der Waals surface area contributed by atoms with Gasteiger partial charge in [-0.1, -0.05) is 0 Å². The average molecular weight is 275 g/mol. The van der Waals surface area contributed by atoms with E-state index in [1.807, 2.05) is 14.0 Å². The summed E-state index contributed by atoms with van der Waals surface area (Å²) in [6.07, 6.45) is 1.78. The number of aryl methyl sites for hydroxylation is 1. The Morgan fingerprint density at radius 2 is 2.25 bits per heavy atom. The molecule has 106 valence electrons. The van der Waals surface area contributed by atoms with Crippen LogP contribution < -0.4 is 11.1 Å². The fourth-order valence-electron chi connectivity index (χ4n) is 1.73.